The average molecular weight is 374 g/mol. The van der Waals surface area contributed by atoms with Crippen molar-refractivity contribution in [3.63, 3.8) is 0 Å². The number of amides is 1. The molecule has 0 saturated carbocycles. The van der Waals surface area contributed by atoms with Crippen LogP contribution in [0, 0.1) is 0 Å². The second-order valence-electron chi connectivity index (χ2n) is 6.44. The van der Waals surface area contributed by atoms with Crippen LogP contribution in [0.25, 0.3) is 0 Å². The summed E-state index contributed by atoms with van der Waals surface area (Å²) in [7, 11) is 3.94. The van der Waals surface area contributed by atoms with Crippen LogP contribution in [0.2, 0.25) is 5.02 Å². The van der Waals surface area contributed by atoms with Gasteiger partial charge in [-0.1, -0.05) is 11.6 Å². The molecule has 1 amide bonds. The minimum Gasteiger partial charge on any atom is -0.388 e. The second kappa shape index (κ2) is 8.38. The number of hydrogen-bond acceptors (Lipinski definition) is 5. The lowest BCUT2D eigenvalue weighted by Gasteiger charge is -2.33. The fourth-order valence-electron chi connectivity index (χ4n) is 2.91. The Balaban J connectivity index is 1.64. The third-order valence-electron chi connectivity index (χ3n) is 4.59. The summed E-state index contributed by atoms with van der Waals surface area (Å²) in [6.07, 6.45) is 1.80. The molecule has 2 heterocycles. The topological polar surface area (TPSA) is 60.5 Å². The molecule has 1 aromatic heterocycles. The molecule has 7 heteroatoms. The number of hydrogen-bond donors (Lipinski definition) is 2. The predicted molar refractivity (Wildman–Crippen MR) is 106 cm³/mol. The molecular formula is C19H24ClN5O. The molecule has 1 aliphatic heterocycles. The molecule has 0 spiro atoms. The van der Waals surface area contributed by atoms with E-state index in [9.17, 15) is 4.79 Å². The van der Waals surface area contributed by atoms with Crippen molar-refractivity contribution in [2.75, 3.05) is 50.5 Å². The second-order valence-corrected chi connectivity index (χ2v) is 6.85. The van der Waals surface area contributed by atoms with Crippen molar-refractivity contribution in [1.29, 1.82) is 0 Å². The van der Waals surface area contributed by atoms with E-state index in [0.717, 1.165) is 43.2 Å². The lowest BCUT2D eigenvalue weighted by Crippen LogP contribution is -2.44. The SMILES string of the molecule is CNc1ccc(Cl)c(C(=O)NCc2ccnc(N3CCN(C)CC3)c2)c1. The highest BCUT2D eigenvalue weighted by atomic mass is 35.5. The zero-order chi connectivity index (χ0) is 18.5. The lowest BCUT2D eigenvalue weighted by molar-refractivity contribution is 0.0951. The number of halogens is 1. The van der Waals surface area contributed by atoms with Gasteiger partial charge in [0.25, 0.3) is 5.91 Å². The maximum Gasteiger partial charge on any atom is 0.253 e. The molecule has 2 N–H and O–H groups in total. The van der Waals surface area contributed by atoms with Crippen molar-refractivity contribution < 1.29 is 4.79 Å². The van der Waals surface area contributed by atoms with E-state index in [-0.39, 0.29) is 5.91 Å². The molecule has 1 aromatic carbocycles. The fourth-order valence-corrected chi connectivity index (χ4v) is 3.11. The van der Waals surface area contributed by atoms with Crippen LogP contribution in [0.4, 0.5) is 11.5 Å². The molecule has 1 saturated heterocycles. The van der Waals surface area contributed by atoms with Gasteiger partial charge in [0.2, 0.25) is 0 Å². The third-order valence-corrected chi connectivity index (χ3v) is 4.92. The van der Waals surface area contributed by atoms with Gasteiger partial charge in [-0.25, -0.2) is 4.98 Å². The summed E-state index contributed by atoms with van der Waals surface area (Å²) in [5, 5.41) is 6.39. The van der Waals surface area contributed by atoms with Crippen molar-refractivity contribution in [3.8, 4) is 0 Å². The van der Waals surface area contributed by atoms with Crippen molar-refractivity contribution in [2.24, 2.45) is 0 Å². The quantitative estimate of drug-likeness (QED) is 0.843. The van der Waals surface area contributed by atoms with Crippen LogP contribution >= 0.6 is 11.6 Å². The van der Waals surface area contributed by atoms with Crippen LogP contribution in [0.5, 0.6) is 0 Å². The van der Waals surface area contributed by atoms with Gasteiger partial charge in [0.05, 0.1) is 10.6 Å². The first-order chi connectivity index (χ1) is 12.6. The molecular weight excluding hydrogens is 350 g/mol. The van der Waals surface area contributed by atoms with E-state index in [1.165, 1.54) is 0 Å². The summed E-state index contributed by atoms with van der Waals surface area (Å²) >= 11 is 6.16. The molecule has 0 unspecified atom stereocenters. The van der Waals surface area contributed by atoms with Gasteiger partial charge in [-0.3, -0.25) is 4.79 Å². The van der Waals surface area contributed by atoms with Gasteiger partial charge in [0.15, 0.2) is 0 Å². The first-order valence-corrected chi connectivity index (χ1v) is 9.08. The molecule has 1 aliphatic rings. The average Bonchev–Trinajstić information content (AvgIpc) is 2.67. The summed E-state index contributed by atoms with van der Waals surface area (Å²) in [5.41, 5.74) is 2.33. The number of benzene rings is 1. The molecule has 6 nitrogen and oxygen atoms in total. The Labute approximate surface area is 159 Å². The largest absolute Gasteiger partial charge is 0.388 e. The van der Waals surface area contributed by atoms with Crippen molar-refractivity contribution in [3.05, 3.63) is 52.7 Å². The molecule has 3 rings (SSSR count). The van der Waals surface area contributed by atoms with E-state index in [1.807, 2.05) is 25.2 Å². The zero-order valence-electron chi connectivity index (χ0n) is 15.1. The van der Waals surface area contributed by atoms with E-state index in [1.54, 1.807) is 18.3 Å². The number of likely N-dealkylation sites (N-methyl/N-ethyl adjacent to an activating group) is 1. The minimum atomic E-state index is -0.190. The van der Waals surface area contributed by atoms with E-state index in [0.29, 0.717) is 17.1 Å². The van der Waals surface area contributed by atoms with E-state index < -0.39 is 0 Å². The Bertz CT molecular complexity index is 774. The highest BCUT2D eigenvalue weighted by Crippen LogP contribution is 2.20. The first-order valence-electron chi connectivity index (χ1n) is 8.71. The molecule has 2 aromatic rings. The first kappa shape index (κ1) is 18.5. The van der Waals surface area contributed by atoms with Gasteiger partial charge in [-0.2, -0.15) is 0 Å². The highest BCUT2D eigenvalue weighted by molar-refractivity contribution is 6.34. The number of anilines is 2. The van der Waals surface area contributed by atoms with Gasteiger partial charge < -0.3 is 20.4 Å². The predicted octanol–water partition coefficient (Wildman–Crippen LogP) is 2.46. The molecule has 0 atom stereocenters. The Morgan fingerprint density at radius 2 is 1.96 bits per heavy atom. The number of carbonyl (C=O) groups is 1. The van der Waals surface area contributed by atoms with Gasteiger partial charge in [-0.05, 0) is 42.9 Å². The number of carbonyl (C=O) groups excluding carboxylic acids is 1. The number of nitrogens with zero attached hydrogens (tertiary/aromatic N) is 3. The molecule has 0 bridgehead atoms. The van der Waals surface area contributed by atoms with Gasteiger partial charge >= 0.3 is 0 Å². The number of pyridine rings is 1. The molecule has 1 fully saturated rings. The molecule has 0 aliphatic carbocycles. The normalized spacial score (nSPS) is 15.0. The van der Waals surface area contributed by atoms with Crippen LogP contribution in [0.1, 0.15) is 15.9 Å². The number of piperazine rings is 1. The van der Waals surface area contributed by atoms with Gasteiger partial charge in [-0.15, -0.1) is 0 Å². The summed E-state index contributed by atoms with van der Waals surface area (Å²) < 4.78 is 0. The molecule has 138 valence electrons. The summed E-state index contributed by atoms with van der Waals surface area (Å²) in [4.78, 5) is 21.5. The third kappa shape index (κ3) is 4.45. The van der Waals surface area contributed by atoms with Crippen molar-refractivity contribution >= 4 is 29.0 Å². The van der Waals surface area contributed by atoms with Gasteiger partial charge in [0.1, 0.15) is 5.82 Å². The van der Waals surface area contributed by atoms with E-state index >= 15 is 0 Å². The summed E-state index contributed by atoms with van der Waals surface area (Å²) in [5.74, 6) is 0.769. The van der Waals surface area contributed by atoms with Crippen LogP contribution in [-0.4, -0.2) is 56.1 Å². The smallest absolute Gasteiger partial charge is 0.253 e. The molecule has 0 radical (unpaired) electrons. The number of rotatable bonds is 5. The van der Waals surface area contributed by atoms with Gasteiger partial charge in [0, 0.05) is 51.7 Å². The van der Waals surface area contributed by atoms with Crippen molar-refractivity contribution in [2.45, 2.75) is 6.54 Å². The monoisotopic (exact) mass is 373 g/mol. The summed E-state index contributed by atoms with van der Waals surface area (Å²) in [6.45, 7) is 4.42. The Morgan fingerprint density at radius 3 is 2.69 bits per heavy atom. The highest BCUT2D eigenvalue weighted by Gasteiger charge is 2.16. The fraction of sp³-hybridized carbons (Fsp3) is 0.368. The van der Waals surface area contributed by atoms with Crippen LogP contribution < -0.4 is 15.5 Å². The lowest BCUT2D eigenvalue weighted by atomic mass is 10.1. The number of aromatic nitrogens is 1. The maximum atomic E-state index is 12.5. The maximum absolute atomic E-state index is 12.5. The van der Waals surface area contributed by atoms with Crippen LogP contribution in [-0.2, 0) is 6.54 Å². The Morgan fingerprint density at radius 1 is 1.19 bits per heavy atom. The Kier molecular flexibility index (Phi) is 5.96. The zero-order valence-corrected chi connectivity index (χ0v) is 15.9. The molecule has 26 heavy (non-hydrogen) atoms. The number of nitrogens with one attached hydrogen (secondary N) is 2. The summed E-state index contributed by atoms with van der Waals surface area (Å²) in [6, 6.07) is 9.27. The van der Waals surface area contributed by atoms with Crippen LogP contribution in [0.15, 0.2) is 36.5 Å². The van der Waals surface area contributed by atoms with Crippen molar-refractivity contribution in [1.82, 2.24) is 15.2 Å². The van der Waals surface area contributed by atoms with E-state index in [2.05, 4.69) is 32.5 Å². The van der Waals surface area contributed by atoms with E-state index in [4.69, 9.17) is 11.6 Å². The minimum absolute atomic E-state index is 0.190. The Hall–Kier alpha value is -2.31. The standard InChI is InChI=1S/C19H24ClN5O/c1-21-15-3-4-17(20)16(12-15)19(26)23-13-14-5-6-22-18(11-14)25-9-7-24(2)8-10-25/h3-6,11-12,21H,7-10,13H2,1-2H3,(H,23,26). The van der Waals surface area contributed by atoms with Crippen LogP contribution in [0.3, 0.4) is 0 Å².